The molecule has 6 nitrogen and oxygen atoms in total. The molecule has 3 aromatic rings. The highest BCUT2D eigenvalue weighted by Gasteiger charge is 2.48. The fourth-order valence-corrected chi connectivity index (χ4v) is 5.41. The number of anilines is 1. The molecule has 1 aromatic heterocycles. The van der Waals surface area contributed by atoms with Gasteiger partial charge in [-0.25, -0.2) is 0 Å². The zero-order valence-electron chi connectivity index (χ0n) is 17.5. The standard InChI is InChI=1S/C25H21NO5S/c1-13-9-10-32-24(13)21-20(22(28)15-7-8-19-16(12-15)11-14(2)31-19)23(29)25(30)26(21)17-5-3-4-6-18(17)27/h3-10,12,14,21,27-28H,11H2,1-2H3/b22-20-. The Bertz CT molecular complexity index is 1290. The van der Waals surface area contributed by atoms with E-state index in [9.17, 15) is 19.8 Å². The number of fused-ring (bicyclic) bond motifs is 1. The van der Waals surface area contributed by atoms with Gasteiger partial charge in [-0.1, -0.05) is 12.1 Å². The minimum Gasteiger partial charge on any atom is -0.507 e. The van der Waals surface area contributed by atoms with Gasteiger partial charge in [0, 0.05) is 16.9 Å². The summed E-state index contributed by atoms with van der Waals surface area (Å²) in [5, 5.41) is 23.6. The lowest BCUT2D eigenvalue weighted by Gasteiger charge is -2.25. The second-order valence-electron chi connectivity index (χ2n) is 8.08. The first-order valence-electron chi connectivity index (χ1n) is 10.3. The van der Waals surface area contributed by atoms with Crippen molar-refractivity contribution >= 4 is 34.5 Å². The second-order valence-corrected chi connectivity index (χ2v) is 9.03. The van der Waals surface area contributed by atoms with E-state index in [1.165, 1.54) is 22.3 Å². The number of Topliss-reactive ketones (excluding diaryl/α,β-unsaturated/α-hetero) is 1. The van der Waals surface area contributed by atoms with Gasteiger partial charge in [-0.2, -0.15) is 0 Å². The van der Waals surface area contributed by atoms with E-state index < -0.39 is 17.7 Å². The summed E-state index contributed by atoms with van der Waals surface area (Å²) in [6.07, 6.45) is 0.749. The molecule has 1 fully saturated rings. The second kappa shape index (κ2) is 7.53. The Morgan fingerprint density at radius 3 is 2.66 bits per heavy atom. The van der Waals surface area contributed by atoms with Crippen molar-refractivity contribution in [3.63, 3.8) is 0 Å². The van der Waals surface area contributed by atoms with Crippen molar-refractivity contribution < 1.29 is 24.5 Å². The number of carbonyl (C=O) groups excluding carboxylic acids is 2. The van der Waals surface area contributed by atoms with Crippen LogP contribution >= 0.6 is 11.3 Å². The fraction of sp³-hybridized carbons (Fsp3) is 0.200. The van der Waals surface area contributed by atoms with Gasteiger partial charge in [-0.3, -0.25) is 14.5 Å². The number of aryl methyl sites for hydroxylation is 1. The summed E-state index contributed by atoms with van der Waals surface area (Å²) >= 11 is 1.40. The summed E-state index contributed by atoms with van der Waals surface area (Å²) in [5.41, 5.74) is 2.53. The van der Waals surface area contributed by atoms with Crippen LogP contribution in [0.25, 0.3) is 5.76 Å². The Hall–Kier alpha value is -3.58. The van der Waals surface area contributed by atoms with E-state index in [1.54, 1.807) is 36.4 Å². The van der Waals surface area contributed by atoms with Gasteiger partial charge in [-0.15, -0.1) is 11.3 Å². The molecule has 0 aliphatic carbocycles. The predicted octanol–water partition coefficient (Wildman–Crippen LogP) is 4.71. The maximum Gasteiger partial charge on any atom is 0.300 e. The van der Waals surface area contributed by atoms with Crippen LogP contribution in [0.15, 0.2) is 59.5 Å². The van der Waals surface area contributed by atoms with Gasteiger partial charge in [0.2, 0.25) is 0 Å². The molecule has 2 aliphatic heterocycles. The highest BCUT2D eigenvalue weighted by atomic mass is 32.1. The predicted molar refractivity (Wildman–Crippen MR) is 122 cm³/mol. The number of aromatic hydroxyl groups is 1. The average Bonchev–Trinajstić information content (AvgIpc) is 3.43. The Labute approximate surface area is 189 Å². The maximum atomic E-state index is 13.2. The van der Waals surface area contributed by atoms with Gasteiger partial charge < -0.3 is 14.9 Å². The lowest BCUT2D eigenvalue weighted by atomic mass is 9.97. The normalized spacial score (nSPS) is 21.6. The number of amides is 1. The third-order valence-electron chi connectivity index (χ3n) is 5.91. The van der Waals surface area contributed by atoms with Gasteiger partial charge in [0.05, 0.1) is 11.3 Å². The molecule has 2 atom stereocenters. The van der Waals surface area contributed by atoms with Crippen LogP contribution in [0.3, 0.4) is 0 Å². The van der Waals surface area contributed by atoms with Crippen molar-refractivity contribution in [2.24, 2.45) is 0 Å². The minimum absolute atomic E-state index is 0.00992. The van der Waals surface area contributed by atoms with Crippen LogP contribution in [-0.2, 0) is 16.0 Å². The Morgan fingerprint density at radius 2 is 1.94 bits per heavy atom. The van der Waals surface area contributed by atoms with Crippen LogP contribution in [0.2, 0.25) is 0 Å². The van der Waals surface area contributed by atoms with Gasteiger partial charge in [-0.05, 0) is 66.8 Å². The van der Waals surface area contributed by atoms with E-state index in [2.05, 4.69) is 0 Å². The number of aliphatic hydroxyl groups excluding tert-OH is 1. The first kappa shape index (κ1) is 20.3. The molecule has 1 amide bonds. The van der Waals surface area contributed by atoms with Crippen molar-refractivity contribution in [1.29, 1.82) is 0 Å². The quantitative estimate of drug-likeness (QED) is 0.345. The van der Waals surface area contributed by atoms with E-state index in [0.717, 1.165) is 21.8 Å². The van der Waals surface area contributed by atoms with Crippen LogP contribution in [-0.4, -0.2) is 28.0 Å². The van der Waals surface area contributed by atoms with E-state index in [0.29, 0.717) is 12.0 Å². The van der Waals surface area contributed by atoms with E-state index in [-0.39, 0.29) is 28.9 Å². The summed E-state index contributed by atoms with van der Waals surface area (Å²) in [4.78, 5) is 28.4. The number of ether oxygens (including phenoxy) is 1. The summed E-state index contributed by atoms with van der Waals surface area (Å²) in [6.45, 7) is 3.86. The van der Waals surface area contributed by atoms with E-state index >= 15 is 0 Å². The van der Waals surface area contributed by atoms with Crippen LogP contribution in [0, 0.1) is 6.92 Å². The van der Waals surface area contributed by atoms with Gasteiger partial charge >= 0.3 is 0 Å². The molecule has 0 bridgehead atoms. The first-order chi connectivity index (χ1) is 15.4. The monoisotopic (exact) mass is 447 g/mol. The molecule has 1 saturated heterocycles. The number of phenolic OH excluding ortho intramolecular Hbond substituents is 1. The number of nitrogens with zero attached hydrogens (tertiary/aromatic N) is 1. The number of phenols is 1. The maximum absolute atomic E-state index is 13.2. The summed E-state index contributed by atoms with van der Waals surface area (Å²) < 4.78 is 5.74. The summed E-state index contributed by atoms with van der Waals surface area (Å²) in [7, 11) is 0. The lowest BCUT2D eigenvalue weighted by Crippen LogP contribution is -2.29. The summed E-state index contributed by atoms with van der Waals surface area (Å²) in [5.74, 6) is -1.16. The Kier molecular flexibility index (Phi) is 4.78. The minimum atomic E-state index is -0.841. The van der Waals surface area contributed by atoms with Gasteiger partial charge in [0.15, 0.2) is 0 Å². The van der Waals surface area contributed by atoms with Crippen LogP contribution in [0.1, 0.15) is 34.5 Å². The van der Waals surface area contributed by atoms with Crippen molar-refractivity contribution in [2.45, 2.75) is 32.4 Å². The molecular weight excluding hydrogens is 426 g/mol. The molecule has 5 rings (SSSR count). The average molecular weight is 448 g/mol. The van der Waals surface area contributed by atoms with Crippen LogP contribution < -0.4 is 9.64 Å². The fourth-order valence-electron chi connectivity index (χ4n) is 4.39. The first-order valence-corrected chi connectivity index (χ1v) is 11.2. The zero-order chi connectivity index (χ0) is 22.6. The molecule has 2 unspecified atom stereocenters. The number of ketones is 1. The molecule has 2 aromatic carbocycles. The van der Waals surface area contributed by atoms with Crippen LogP contribution in [0.5, 0.6) is 11.5 Å². The Morgan fingerprint density at radius 1 is 1.16 bits per heavy atom. The van der Waals surface area contributed by atoms with Crippen molar-refractivity contribution in [3.8, 4) is 11.5 Å². The third kappa shape index (κ3) is 3.08. The molecule has 2 N–H and O–H groups in total. The molecule has 162 valence electrons. The van der Waals surface area contributed by atoms with Crippen LogP contribution in [0.4, 0.5) is 5.69 Å². The number of thiophene rings is 1. The smallest absolute Gasteiger partial charge is 0.300 e. The number of benzene rings is 2. The molecule has 32 heavy (non-hydrogen) atoms. The highest BCUT2D eigenvalue weighted by molar-refractivity contribution is 7.10. The van der Waals surface area contributed by atoms with Crippen molar-refractivity contribution in [2.75, 3.05) is 4.90 Å². The van der Waals surface area contributed by atoms with Gasteiger partial charge in [0.1, 0.15) is 29.4 Å². The van der Waals surface area contributed by atoms with E-state index in [1.807, 2.05) is 25.3 Å². The molecule has 7 heteroatoms. The number of hydrogen-bond acceptors (Lipinski definition) is 6. The third-order valence-corrected chi connectivity index (χ3v) is 6.98. The Balaban J connectivity index is 1.71. The molecule has 0 saturated carbocycles. The zero-order valence-corrected chi connectivity index (χ0v) is 18.3. The summed E-state index contributed by atoms with van der Waals surface area (Å²) in [6, 6.07) is 12.7. The van der Waals surface area contributed by atoms with Crippen molar-refractivity contribution in [1.82, 2.24) is 0 Å². The number of hydrogen-bond donors (Lipinski definition) is 2. The number of rotatable bonds is 3. The topological polar surface area (TPSA) is 87.1 Å². The van der Waals surface area contributed by atoms with E-state index in [4.69, 9.17) is 4.74 Å². The molecule has 0 radical (unpaired) electrons. The van der Waals surface area contributed by atoms with Gasteiger partial charge in [0.25, 0.3) is 11.7 Å². The molecular formula is C25H21NO5S. The number of carbonyl (C=O) groups is 2. The molecule has 3 heterocycles. The SMILES string of the molecule is Cc1ccsc1C1/C(=C(/O)c2ccc3c(c2)CC(C)O3)C(=O)C(=O)N1c1ccccc1O. The lowest BCUT2D eigenvalue weighted by molar-refractivity contribution is -0.132. The molecule has 0 spiro atoms. The van der Waals surface area contributed by atoms with Crippen molar-refractivity contribution in [3.05, 3.63) is 81.1 Å². The number of aliphatic hydroxyl groups is 1. The molecule has 2 aliphatic rings. The largest absolute Gasteiger partial charge is 0.507 e. The highest BCUT2D eigenvalue weighted by Crippen LogP contribution is 2.47. The number of para-hydroxylation sites is 2.